The van der Waals surface area contributed by atoms with Crippen molar-refractivity contribution in [1.82, 2.24) is 35.2 Å². The summed E-state index contributed by atoms with van der Waals surface area (Å²) in [6.07, 6.45) is 1.73. The van der Waals surface area contributed by atoms with Crippen molar-refractivity contribution < 1.29 is 0 Å². The molecule has 27 heavy (non-hydrogen) atoms. The molecule has 0 bridgehead atoms. The molecule has 3 heterocycles. The highest BCUT2D eigenvalue weighted by Gasteiger charge is 2.10. The third-order valence-electron chi connectivity index (χ3n) is 4.10. The van der Waals surface area contributed by atoms with Gasteiger partial charge in [-0.05, 0) is 54.6 Å². The SMILES string of the molecule is Cc1ccc(-c2ccnc(NCc3nnnn3-c3ccccc3)n2)c(C)n1. The van der Waals surface area contributed by atoms with Crippen molar-refractivity contribution in [3.63, 3.8) is 0 Å². The number of aromatic nitrogens is 7. The second kappa shape index (κ2) is 7.28. The Morgan fingerprint density at radius 3 is 2.63 bits per heavy atom. The van der Waals surface area contributed by atoms with Gasteiger partial charge in [-0.25, -0.2) is 9.97 Å². The molecule has 0 atom stereocenters. The first-order valence-corrected chi connectivity index (χ1v) is 8.55. The minimum Gasteiger partial charge on any atom is -0.347 e. The van der Waals surface area contributed by atoms with Crippen LogP contribution in [0.3, 0.4) is 0 Å². The number of tetrazole rings is 1. The van der Waals surface area contributed by atoms with E-state index in [0.717, 1.165) is 28.3 Å². The van der Waals surface area contributed by atoms with E-state index in [-0.39, 0.29) is 0 Å². The summed E-state index contributed by atoms with van der Waals surface area (Å²) in [7, 11) is 0. The Bertz CT molecular complexity index is 1060. The molecular weight excluding hydrogens is 340 g/mol. The summed E-state index contributed by atoms with van der Waals surface area (Å²) in [5.74, 6) is 1.18. The van der Waals surface area contributed by atoms with Crippen LogP contribution in [0.1, 0.15) is 17.2 Å². The van der Waals surface area contributed by atoms with Gasteiger partial charge >= 0.3 is 0 Å². The van der Waals surface area contributed by atoms with Gasteiger partial charge in [-0.2, -0.15) is 4.68 Å². The summed E-state index contributed by atoms with van der Waals surface area (Å²) < 4.78 is 1.69. The zero-order valence-corrected chi connectivity index (χ0v) is 15.0. The third kappa shape index (κ3) is 3.64. The van der Waals surface area contributed by atoms with Crippen molar-refractivity contribution in [2.75, 3.05) is 5.32 Å². The lowest BCUT2D eigenvalue weighted by molar-refractivity contribution is 0.767. The average Bonchev–Trinajstić information content (AvgIpc) is 3.16. The molecule has 0 unspecified atom stereocenters. The molecule has 0 saturated heterocycles. The highest BCUT2D eigenvalue weighted by atomic mass is 15.5. The Morgan fingerprint density at radius 1 is 0.963 bits per heavy atom. The fourth-order valence-corrected chi connectivity index (χ4v) is 2.79. The maximum Gasteiger partial charge on any atom is 0.223 e. The molecule has 1 N–H and O–H groups in total. The molecule has 134 valence electrons. The average molecular weight is 358 g/mol. The molecule has 4 rings (SSSR count). The van der Waals surface area contributed by atoms with Gasteiger partial charge in [-0.15, -0.1) is 5.10 Å². The number of rotatable bonds is 5. The molecule has 4 aromatic rings. The van der Waals surface area contributed by atoms with Crippen LogP contribution < -0.4 is 5.32 Å². The molecule has 3 aromatic heterocycles. The Kier molecular flexibility index (Phi) is 4.52. The predicted octanol–water partition coefficient (Wildman–Crippen LogP) is 2.74. The standard InChI is InChI=1S/C19H18N8/c1-13-8-9-16(14(2)22-13)17-10-11-20-19(23-17)21-12-18-24-25-26-27(18)15-6-4-3-5-7-15/h3-11H,12H2,1-2H3,(H,20,21,23). The summed E-state index contributed by atoms with van der Waals surface area (Å²) in [6.45, 7) is 4.35. The van der Waals surface area contributed by atoms with Crippen LogP contribution in [-0.2, 0) is 6.54 Å². The maximum atomic E-state index is 4.60. The lowest BCUT2D eigenvalue weighted by atomic mass is 10.1. The Hall–Kier alpha value is -3.68. The van der Waals surface area contributed by atoms with Gasteiger partial charge < -0.3 is 5.32 Å². The largest absolute Gasteiger partial charge is 0.347 e. The van der Waals surface area contributed by atoms with E-state index in [4.69, 9.17) is 0 Å². The topological polar surface area (TPSA) is 94.3 Å². The first-order chi connectivity index (χ1) is 13.2. The number of aryl methyl sites for hydroxylation is 2. The molecule has 8 heteroatoms. The van der Waals surface area contributed by atoms with E-state index >= 15 is 0 Å². The molecule has 0 radical (unpaired) electrons. The highest BCUT2D eigenvalue weighted by Crippen LogP contribution is 2.21. The molecule has 1 aromatic carbocycles. The zero-order chi connectivity index (χ0) is 18.6. The minimum atomic E-state index is 0.399. The first-order valence-electron chi connectivity index (χ1n) is 8.55. The summed E-state index contributed by atoms with van der Waals surface area (Å²) in [5.41, 5.74) is 4.62. The number of benzene rings is 1. The number of hydrogen-bond acceptors (Lipinski definition) is 7. The lowest BCUT2D eigenvalue weighted by Gasteiger charge is -2.09. The molecule has 0 amide bonds. The molecule has 0 aliphatic carbocycles. The van der Waals surface area contributed by atoms with Crippen molar-refractivity contribution in [2.45, 2.75) is 20.4 Å². The van der Waals surface area contributed by atoms with Crippen molar-refractivity contribution in [3.05, 3.63) is 71.9 Å². The number of nitrogens with zero attached hydrogens (tertiary/aromatic N) is 7. The van der Waals surface area contributed by atoms with E-state index in [0.29, 0.717) is 18.3 Å². The van der Waals surface area contributed by atoms with Gasteiger partial charge in [0.15, 0.2) is 5.82 Å². The Morgan fingerprint density at radius 2 is 1.81 bits per heavy atom. The quantitative estimate of drug-likeness (QED) is 0.586. The fourth-order valence-electron chi connectivity index (χ4n) is 2.79. The van der Waals surface area contributed by atoms with Crippen molar-refractivity contribution in [1.29, 1.82) is 0 Å². The monoisotopic (exact) mass is 358 g/mol. The number of pyridine rings is 1. The van der Waals surface area contributed by atoms with Gasteiger partial charge in [0.05, 0.1) is 17.9 Å². The van der Waals surface area contributed by atoms with Crippen LogP contribution in [-0.4, -0.2) is 35.2 Å². The Balaban J connectivity index is 1.54. The van der Waals surface area contributed by atoms with E-state index in [9.17, 15) is 0 Å². The number of nitrogens with one attached hydrogen (secondary N) is 1. The van der Waals surface area contributed by atoms with Gasteiger partial charge in [0.25, 0.3) is 0 Å². The normalized spacial score (nSPS) is 10.7. The predicted molar refractivity (Wildman–Crippen MR) is 101 cm³/mol. The van der Waals surface area contributed by atoms with Crippen LogP contribution in [0.4, 0.5) is 5.95 Å². The maximum absolute atomic E-state index is 4.60. The van der Waals surface area contributed by atoms with Crippen LogP contribution in [0.15, 0.2) is 54.7 Å². The highest BCUT2D eigenvalue weighted by molar-refractivity contribution is 5.62. The van der Waals surface area contributed by atoms with Gasteiger partial charge in [0, 0.05) is 23.1 Å². The molecular formula is C19H18N8. The van der Waals surface area contributed by atoms with Gasteiger partial charge in [-0.3, -0.25) is 4.98 Å². The third-order valence-corrected chi connectivity index (χ3v) is 4.10. The second-order valence-corrected chi connectivity index (χ2v) is 6.05. The molecule has 8 nitrogen and oxygen atoms in total. The van der Waals surface area contributed by atoms with Crippen molar-refractivity contribution in [3.8, 4) is 16.9 Å². The summed E-state index contributed by atoms with van der Waals surface area (Å²) in [5, 5.41) is 15.1. The van der Waals surface area contributed by atoms with Crippen LogP contribution >= 0.6 is 0 Å². The van der Waals surface area contributed by atoms with Crippen molar-refractivity contribution in [2.24, 2.45) is 0 Å². The number of para-hydroxylation sites is 1. The van der Waals surface area contributed by atoms with E-state index < -0.39 is 0 Å². The lowest BCUT2D eigenvalue weighted by Crippen LogP contribution is -2.10. The Labute approximate surface area is 156 Å². The van der Waals surface area contributed by atoms with E-state index in [1.54, 1.807) is 10.9 Å². The molecule has 0 aliphatic rings. The van der Waals surface area contributed by atoms with E-state index in [1.807, 2.05) is 62.4 Å². The molecule has 0 fully saturated rings. The molecule has 0 saturated carbocycles. The van der Waals surface area contributed by atoms with E-state index in [1.165, 1.54) is 0 Å². The minimum absolute atomic E-state index is 0.399. The number of hydrogen-bond donors (Lipinski definition) is 1. The van der Waals surface area contributed by atoms with Gasteiger partial charge in [0.2, 0.25) is 5.95 Å². The van der Waals surface area contributed by atoms with Gasteiger partial charge in [-0.1, -0.05) is 18.2 Å². The first kappa shape index (κ1) is 16.8. The zero-order valence-electron chi connectivity index (χ0n) is 15.0. The molecule has 0 aliphatic heterocycles. The smallest absolute Gasteiger partial charge is 0.223 e. The van der Waals surface area contributed by atoms with Crippen LogP contribution in [0, 0.1) is 13.8 Å². The second-order valence-electron chi connectivity index (χ2n) is 6.05. The molecule has 0 spiro atoms. The number of anilines is 1. The van der Waals surface area contributed by atoms with Crippen molar-refractivity contribution >= 4 is 5.95 Å². The van der Waals surface area contributed by atoms with Crippen LogP contribution in [0.5, 0.6) is 0 Å². The fraction of sp³-hybridized carbons (Fsp3) is 0.158. The summed E-state index contributed by atoms with van der Waals surface area (Å²) in [6, 6.07) is 15.6. The van der Waals surface area contributed by atoms with Crippen LogP contribution in [0.2, 0.25) is 0 Å². The van der Waals surface area contributed by atoms with Gasteiger partial charge in [0.1, 0.15) is 0 Å². The van der Waals surface area contributed by atoms with E-state index in [2.05, 4.69) is 35.8 Å². The summed E-state index contributed by atoms with van der Waals surface area (Å²) in [4.78, 5) is 13.4. The summed E-state index contributed by atoms with van der Waals surface area (Å²) >= 11 is 0. The van der Waals surface area contributed by atoms with Crippen LogP contribution in [0.25, 0.3) is 16.9 Å².